The predicted octanol–water partition coefficient (Wildman–Crippen LogP) is 0.448. The number of imide groups is 1. The zero-order valence-electron chi connectivity index (χ0n) is 8.51. The molecule has 0 aromatic heterocycles. The molecule has 1 saturated heterocycles. The standard InChI is InChI=1S/C8H9F3N2O3/c1-4(14)3-13-5(15)7(2,8(9,10)11)12-6(13)16/h3H2,1-2H3,(H,12,16). The number of carbonyl (C=O) groups is 3. The number of amides is 3. The van der Waals surface area contributed by atoms with Gasteiger partial charge in [0.1, 0.15) is 5.78 Å². The van der Waals surface area contributed by atoms with Crippen LogP contribution in [0.2, 0.25) is 0 Å². The highest BCUT2D eigenvalue weighted by atomic mass is 19.4. The van der Waals surface area contributed by atoms with Crippen molar-refractivity contribution in [3.05, 3.63) is 0 Å². The van der Waals surface area contributed by atoms with Crippen LogP contribution in [0.5, 0.6) is 0 Å². The summed E-state index contributed by atoms with van der Waals surface area (Å²) in [7, 11) is 0. The number of rotatable bonds is 2. The number of carbonyl (C=O) groups excluding carboxylic acids is 3. The summed E-state index contributed by atoms with van der Waals surface area (Å²) in [5.41, 5.74) is -2.94. The highest BCUT2D eigenvalue weighted by Gasteiger charge is 2.64. The van der Waals surface area contributed by atoms with Crippen molar-refractivity contribution in [2.75, 3.05) is 6.54 Å². The molecule has 1 fully saturated rings. The van der Waals surface area contributed by atoms with Crippen molar-refractivity contribution in [3.8, 4) is 0 Å². The first-order valence-corrected chi connectivity index (χ1v) is 4.30. The molecule has 0 spiro atoms. The maximum atomic E-state index is 12.5. The van der Waals surface area contributed by atoms with E-state index in [1.54, 1.807) is 0 Å². The number of hydrogen-bond acceptors (Lipinski definition) is 3. The fourth-order valence-corrected chi connectivity index (χ4v) is 1.26. The SMILES string of the molecule is CC(=O)CN1C(=O)NC(C)(C(F)(F)F)C1=O. The molecule has 16 heavy (non-hydrogen) atoms. The Morgan fingerprint density at radius 3 is 2.25 bits per heavy atom. The largest absolute Gasteiger partial charge is 0.420 e. The van der Waals surface area contributed by atoms with E-state index in [4.69, 9.17) is 0 Å². The fourth-order valence-electron chi connectivity index (χ4n) is 1.26. The minimum Gasteiger partial charge on any atom is -0.316 e. The number of halogens is 3. The summed E-state index contributed by atoms with van der Waals surface area (Å²) in [4.78, 5) is 33.5. The van der Waals surface area contributed by atoms with Crippen LogP contribution in [0.3, 0.4) is 0 Å². The molecule has 0 aromatic carbocycles. The molecule has 0 saturated carbocycles. The Kier molecular flexibility index (Phi) is 2.70. The third-order valence-corrected chi connectivity index (χ3v) is 2.22. The Hall–Kier alpha value is -1.60. The second-order valence-corrected chi connectivity index (χ2v) is 3.65. The Bertz CT molecular complexity index is 366. The van der Waals surface area contributed by atoms with Gasteiger partial charge in [0, 0.05) is 0 Å². The molecule has 1 unspecified atom stereocenters. The smallest absolute Gasteiger partial charge is 0.316 e. The number of hydrogen-bond donors (Lipinski definition) is 1. The average Bonchev–Trinajstić information content (AvgIpc) is 2.28. The molecule has 3 amide bonds. The molecule has 1 aliphatic rings. The summed E-state index contributed by atoms with van der Waals surface area (Å²) < 4.78 is 37.6. The van der Waals surface area contributed by atoms with Gasteiger partial charge in [-0.25, -0.2) is 4.79 Å². The van der Waals surface area contributed by atoms with E-state index >= 15 is 0 Å². The van der Waals surface area contributed by atoms with E-state index in [9.17, 15) is 27.6 Å². The third-order valence-electron chi connectivity index (χ3n) is 2.22. The molecule has 1 N–H and O–H groups in total. The predicted molar refractivity (Wildman–Crippen MR) is 45.4 cm³/mol. The molecular formula is C8H9F3N2O3. The van der Waals surface area contributed by atoms with Gasteiger partial charge in [0.25, 0.3) is 5.91 Å². The Morgan fingerprint density at radius 2 is 1.94 bits per heavy atom. The number of urea groups is 1. The minimum atomic E-state index is -4.90. The lowest BCUT2D eigenvalue weighted by Gasteiger charge is -2.24. The molecule has 90 valence electrons. The third kappa shape index (κ3) is 1.74. The van der Waals surface area contributed by atoms with Crippen LogP contribution in [0.25, 0.3) is 0 Å². The van der Waals surface area contributed by atoms with Gasteiger partial charge in [-0.2, -0.15) is 13.2 Å². The van der Waals surface area contributed by atoms with Gasteiger partial charge in [-0.3, -0.25) is 14.5 Å². The number of ketones is 1. The van der Waals surface area contributed by atoms with Crippen LogP contribution in [0.1, 0.15) is 13.8 Å². The lowest BCUT2D eigenvalue weighted by molar-refractivity contribution is -0.191. The van der Waals surface area contributed by atoms with Gasteiger partial charge in [-0.1, -0.05) is 0 Å². The van der Waals surface area contributed by atoms with Gasteiger partial charge in [0.15, 0.2) is 0 Å². The molecule has 1 heterocycles. The van der Waals surface area contributed by atoms with Gasteiger partial charge >= 0.3 is 12.2 Å². The maximum Gasteiger partial charge on any atom is 0.420 e. The first-order chi connectivity index (χ1) is 7.09. The van der Waals surface area contributed by atoms with E-state index in [1.807, 2.05) is 0 Å². The average molecular weight is 238 g/mol. The Labute approximate surface area is 88.6 Å². The quantitative estimate of drug-likeness (QED) is 0.710. The van der Waals surface area contributed by atoms with Crippen molar-refractivity contribution in [2.45, 2.75) is 25.6 Å². The van der Waals surface area contributed by atoms with Crippen molar-refractivity contribution in [1.29, 1.82) is 0 Å². The van der Waals surface area contributed by atoms with Gasteiger partial charge < -0.3 is 5.32 Å². The van der Waals surface area contributed by atoms with Crippen LogP contribution in [0, 0.1) is 0 Å². The van der Waals surface area contributed by atoms with Crippen molar-refractivity contribution < 1.29 is 27.6 Å². The number of nitrogens with zero attached hydrogens (tertiary/aromatic N) is 1. The summed E-state index contributed by atoms with van der Waals surface area (Å²) in [5, 5.41) is 1.54. The van der Waals surface area contributed by atoms with E-state index in [0.717, 1.165) is 6.92 Å². The number of nitrogens with one attached hydrogen (secondary N) is 1. The summed E-state index contributed by atoms with van der Waals surface area (Å²) in [6.07, 6.45) is -4.90. The molecule has 0 bridgehead atoms. The van der Waals surface area contributed by atoms with E-state index in [1.165, 1.54) is 5.32 Å². The monoisotopic (exact) mass is 238 g/mol. The summed E-state index contributed by atoms with van der Waals surface area (Å²) in [6, 6.07) is -1.21. The Balaban J connectivity index is 3.03. The molecular weight excluding hydrogens is 229 g/mol. The zero-order valence-corrected chi connectivity index (χ0v) is 8.51. The minimum absolute atomic E-state index is 0.260. The first-order valence-electron chi connectivity index (χ1n) is 4.30. The second kappa shape index (κ2) is 3.46. The number of alkyl halides is 3. The first kappa shape index (κ1) is 12.5. The molecule has 0 aromatic rings. The normalized spacial score (nSPS) is 25.9. The highest BCUT2D eigenvalue weighted by Crippen LogP contribution is 2.34. The van der Waals surface area contributed by atoms with Crippen molar-refractivity contribution in [3.63, 3.8) is 0 Å². The van der Waals surface area contributed by atoms with E-state index in [-0.39, 0.29) is 4.90 Å². The summed E-state index contributed by atoms with van der Waals surface area (Å²) in [6.45, 7) is 0.980. The van der Waals surface area contributed by atoms with Gasteiger partial charge in [0.05, 0.1) is 6.54 Å². The van der Waals surface area contributed by atoms with Crippen LogP contribution in [-0.2, 0) is 9.59 Å². The van der Waals surface area contributed by atoms with Gasteiger partial charge in [-0.05, 0) is 13.8 Å². The van der Waals surface area contributed by atoms with Crippen molar-refractivity contribution in [1.82, 2.24) is 10.2 Å². The van der Waals surface area contributed by atoms with E-state index < -0.39 is 36.0 Å². The van der Waals surface area contributed by atoms with Gasteiger partial charge in [-0.15, -0.1) is 0 Å². The molecule has 1 aliphatic heterocycles. The summed E-state index contributed by atoms with van der Waals surface area (Å²) in [5.74, 6) is -2.03. The molecule has 8 heteroatoms. The Morgan fingerprint density at radius 1 is 1.44 bits per heavy atom. The van der Waals surface area contributed by atoms with E-state index in [2.05, 4.69) is 0 Å². The van der Waals surface area contributed by atoms with Crippen LogP contribution in [-0.4, -0.2) is 40.9 Å². The highest BCUT2D eigenvalue weighted by molar-refractivity contribution is 6.09. The second-order valence-electron chi connectivity index (χ2n) is 3.65. The van der Waals surface area contributed by atoms with Crippen LogP contribution in [0.4, 0.5) is 18.0 Å². The maximum absolute atomic E-state index is 12.5. The topological polar surface area (TPSA) is 66.5 Å². The van der Waals surface area contributed by atoms with Crippen LogP contribution < -0.4 is 5.32 Å². The molecule has 0 radical (unpaired) electrons. The van der Waals surface area contributed by atoms with Crippen molar-refractivity contribution in [2.24, 2.45) is 0 Å². The zero-order chi connectivity index (χ0) is 12.7. The lowest BCUT2D eigenvalue weighted by Crippen LogP contribution is -2.56. The van der Waals surface area contributed by atoms with Crippen molar-refractivity contribution >= 4 is 17.7 Å². The van der Waals surface area contributed by atoms with Gasteiger partial charge in [0.2, 0.25) is 5.54 Å². The molecule has 1 rings (SSSR count). The van der Waals surface area contributed by atoms with E-state index in [0.29, 0.717) is 6.92 Å². The molecule has 1 atom stereocenters. The molecule has 5 nitrogen and oxygen atoms in total. The molecule has 0 aliphatic carbocycles. The van der Waals surface area contributed by atoms with Crippen LogP contribution >= 0.6 is 0 Å². The summed E-state index contributed by atoms with van der Waals surface area (Å²) >= 11 is 0. The van der Waals surface area contributed by atoms with Crippen LogP contribution in [0.15, 0.2) is 0 Å². The number of Topliss-reactive ketones (excluding diaryl/α,β-unsaturated/α-hetero) is 1. The fraction of sp³-hybridized carbons (Fsp3) is 0.625. The lowest BCUT2D eigenvalue weighted by atomic mass is 10.0.